The fourth-order valence-corrected chi connectivity index (χ4v) is 1.90. The molecule has 104 valence electrons. The molecule has 1 atom stereocenters. The molecule has 1 aromatic rings. The number of aliphatic carboxylic acids is 1. The molecule has 19 heavy (non-hydrogen) atoms. The number of urea groups is 1. The van der Waals surface area contributed by atoms with Crippen molar-refractivity contribution < 1.29 is 14.7 Å². The molecule has 1 aromatic heterocycles. The van der Waals surface area contributed by atoms with Gasteiger partial charge in [-0.05, 0) is 19.8 Å². The van der Waals surface area contributed by atoms with Crippen molar-refractivity contribution in [2.45, 2.75) is 38.3 Å². The minimum atomic E-state index is -0.888. The Labute approximate surface area is 111 Å². The van der Waals surface area contributed by atoms with Crippen LogP contribution in [0.5, 0.6) is 0 Å². The maximum absolute atomic E-state index is 12.1. The summed E-state index contributed by atoms with van der Waals surface area (Å²) in [4.78, 5) is 24.4. The molecule has 1 saturated carbocycles. The van der Waals surface area contributed by atoms with Crippen molar-refractivity contribution in [3.63, 3.8) is 0 Å². The molecule has 1 aliphatic rings. The summed E-state index contributed by atoms with van der Waals surface area (Å²) in [5, 5.41) is 18.1. The Bertz CT molecular complexity index is 442. The first-order valence-electron chi connectivity index (χ1n) is 6.35. The van der Waals surface area contributed by atoms with E-state index in [0.29, 0.717) is 0 Å². The predicted octanol–water partition coefficient (Wildman–Crippen LogP) is 1.12. The first-order valence-corrected chi connectivity index (χ1v) is 6.35. The highest BCUT2D eigenvalue weighted by Gasteiger charge is 2.33. The first kappa shape index (κ1) is 13.4. The van der Waals surface area contributed by atoms with Gasteiger partial charge in [0, 0.05) is 24.3 Å². The molecular formula is C12H18N4O3. The number of carboxylic acid groups (broad SMARTS) is 1. The van der Waals surface area contributed by atoms with Gasteiger partial charge in [0.25, 0.3) is 0 Å². The number of aromatic nitrogens is 2. The van der Waals surface area contributed by atoms with Gasteiger partial charge < -0.3 is 15.3 Å². The van der Waals surface area contributed by atoms with Crippen molar-refractivity contribution in [2.24, 2.45) is 0 Å². The fraction of sp³-hybridized carbons (Fsp3) is 0.583. The molecule has 1 aliphatic carbocycles. The van der Waals surface area contributed by atoms with Crippen molar-refractivity contribution in [3.8, 4) is 0 Å². The van der Waals surface area contributed by atoms with Crippen LogP contribution in [-0.2, 0) is 4.79 Å². The van der Waals surface area contributed by atoms with Crippen molar-refractivity contribution in [1.29, 1.82) is 0 Å². The van der Waals surface area contributed by atoms with E-state index < -0.39 is 5.97 Å². The predicted molar refractivity (Wildman–Crippen MR) is 67.5 cm³/mol. The van der Waals surface area contributed by atoms with Crippen LogP contribution in [0.3, 0.4) is 0 Å². The second-order valence-electron chi connectivity index (χ2n) is 4.77. The van der Waals surface area contributed by atoms with E-state index >= 15 is 0 Å². The summed E-state index contributed by atoms with van der Waals surface area (Å²) in [5.41, 5.74) is 0.891. The Kier molecular flexibility index (Phi) is 4.03. The van der Waals surface area contributed by atoms with Gasteiger partial charge in [0.15, 0.2) is 0 Å². The van der Waals surface area contributed by atoms with E-state index in [0.717, 1.165) is 18.4 Å². The number of hydrogen-bond donors (Lipinski definition) is 3. The Morgan fingerprint density at radius 3 is 2.89 bits per heavy atom. The van der Waals surface area contributed by atoms with Crippen LogP contribution >= 0.6 is 0 Å². The molecule has 3 N–H and O–H groups in total. The number of nitrogens with one attached hydrogen (secondary N) is 2. The average molecular weight is 266 g/mol. The summed E-state index contributed by atoms with van der Waals surface area (Å²) in [7, 11) is 0. The third-order valence-corrected chi connectivity index (χ3v) is 3.17. The lowest BCUT2D eigenvalue weighted by Crippen LogP contribution is -2.43. The zero-order chi connectivity index (χ0) is 13.8. The summed E-state index contributed by atoms with van der Waals surface area (Å²) < 4.78 is 0. The summed E-state index contributed by atoms with van der Waals surface area (Å²) in [6.45, 7) is 2.12. The normalized spacial score (nSPS) is 15.8. The third kappa shape index (κ3) is 3.70. The van der Waals surface area contributed by atoms with Crippen LogP contribution in [0.15, 0.2) is 12.4 Å². The molecule has 0 saturated heterocycles. The number of amides is 2. The second-order valence-corrected chi connectivity index (χ2v) is 4.77. The monoisotopic (exact) mass is 266 g/mol. The zero-order valence-corrected chi connectivity index (χ0v) is 10.8. The number of carboxylic acids is 1. The minimum absolute atomic E-state index is 0.0238. The van der Waals surface area contributed by atoms with E-state index in [-0.39, 0.29) is 31.1 Å². The first-order chi connectivity index (χ1) is 9.08. The molecule has 2 amide bonds. The summed E-state index contributed by atoms with van der Waals surface area (Å²) >= 11 is 0. The summed E-state index contributed by atoms with van der Waals surface area (Å²) in [6, 6.07) is -0.175. The van der Waals surface area contributed by atoms with Crippen molar-refractivity contribution in [1.82, 2.24) is 20.4 Å². The molecule has 0 spiro atoms. The topological polar surface area (TPSA) is 98.3 Å². The highest BCUT2D eigenvalue weighted by molar-refractivity contribution is 5.76. The standard InChI is InChI=1S/C12H18N4O3/c1-8(9-6-13-14-7-9)15-12(19)16(10-2-3-10)5-4-11(17)18/h6-8,10H,2-5H2,1H3,(H,13,14)(H,15,19)(H,17,18). The van der Waals surface area contributed by atoms with Gasteiger partial charge in [-0.1, -0.05) is 0 Å². The van der Waals surface area contributed by atoms with Crippen LogP contribution in [0.25, 0.3) is 0 Å². The van der Waals surface area contributed by atoms with Gasteiger partial charge >= 0.3 is 12.0 Å². The lowest BCUT2D eigenvalue weighted by molar-refractivity contribution is -0.137. The lowest BCUT2D eigenvalue weighted by atomic mass is 10.2. The van der Waals surface area contributed by atoms with Crippen LogP contribution in [0, 0.1) is 0 Å². The van der Waals surface area contributed by atoms with Crippen LogP contribution in [-0.4, -0.2) is 44.8 Å². The molecule has 0 radical (unpaired) electrons. The quantitative estimate of drug-likeness (QED) is 0.718. The number of carbonyl (C=O) groups excluding carboxylic acids is 1. The van der Waals surface area contributed by atoms with Gasteiger partial charge in [0.05, 0.1) is 18.7 Å². The molecule has 7 nitrogen and oxygen atoms in total. The van der Waals surface area contributed by atoms with E-state index in [9.17, 15) is 9.59 Å². The molecule has 0 bridgehead atoms. The van der Waals surface area contributed by atoms with E-state index in [4.69, 9.17) is 5.11 Å². The SMILES string of the molecule is CC(NC(=O)N(CCC(=O)O)C1CC1)c1cn[nH]c1. The van der Waals surface area contributed by atoms with Crippen LogP contribution in [0.1, 0.15) is 37.8 Å². The van der Waals surface area contributed by atoms with Gasteiger partial charge in [-0.25, -0.2) is 4.79 Å². The van der Waals surface area contributed by atoms with Crippen molar-refractivity contribution in [3.05, 3.63) is 18.0 Å². The number of hydrogen-bond acceptors (Lipinski definition) is 3. The average Bonchev–Trinajstić information content (AvgIpc) is 3.03. The maximum atomic E-state index is 12.1. The summed E-state index contributed by atoms with van der Waals surface area (Å²) in [6.07, 6.45) is 5.26. The van der Waals surface area contributed by atoms with E-state index in [2.05, 4.69) is 15.5 Å². The van der Waals surface area contributed by atoms with Crippen molar-refractivity contribution in [2.75, 3.05) is 6.54 Å². The molecule has 7 heteroatoms. The van der Waals surface area contributed by atoms with Crippen LogP contribution in [0.2, 0.25) is 0 Å². The highest BCUT2D eigenvalue weighted by atomic mass is 16.4. The zero-order valence-electron chi connectivity index (χ0n) is 10.8. The molecule has 1 fully saturated rings. The van der Waals surface area contributed by atoms with E-state index in [1.165, 1.54) is 0 Å². The van der Waals surface area contributed by atoms with Gasteiger partial charge in [-0.2, -0.15) is 5.10 Å². The minimum Gasteiger partial charge on any atom is -0.481 e. The number of nitrogens with zero attached hydrogens (tertiary/aromatic N) is 2. The van der Waals surface area contributed by atoms with Gasteiger partial charge in [-0.15, -0.1) is 0 Å². The smallest absolute Gasteiger partial charge is 0.318 e. The molecule has 0 aromatic carbocycles. The Balaban J connectivity index is 1.90. The van der Waals surface area contributed by atoms with E-state index in [1.54, 1.807) is 17.3 Å². The van der Waals surface area contributed by atoms with Crippen LogP contribution in [0.4, 0.5) is 4.79 Å². The van der Waals surface area contributed by atoms with Crippen molar-refractivity contribution >= 4 is 12.0 Å². The number of rotatable bonds is 6. The molecule has 1 heterocycles. The Morgan fingerprint density at radius 2 is 2.37 bits per heavy atom. The summed E-state index contributed by atoms with van der Waals surface area (Å²) in [5.74, 6) is -0.888. The van der Waals surface area contributed by atoms with Gasteiger partial charge in [-0.3, -0.25) is 9.89 Å². The lowest BCUT2D eigenvalue weighted by Gasteiger charge is -2.24. The van der Waals surface area contributed by atoms with E-state index in [1.807, 2.05) is 6.92 Å². The molecule has 2 rings (SSSR count). The molecule has 0 aliphatic heterocycles. The van der Waals surface area contributed by atoms with Crippen LogP contribution < -0.4 is 5.32 Å². The maximum Gasteiger partial charge on any atom is 0.318 e. The third-order valence-electron chi connectivity index (χ3n) is 3.17. The van der Waals surface area contributed by atoms with Gasteiger partial charge in [0.1, 0.15) is 0 Å². The fourth-order valence-electron chi connectivity index (χ4n) is 1.90. The number of aromatic amines is 1. The highest BCUT2D eigenvalue weighted by Crippen LogP contribution is 2.27. The second kappa shape index (κ2) is 5.73. The molecule has 1 unspecified atom stereocenters. The molecular weight excluding hydrogens is 248 g/mol. The largest absolute Gasteiger partial charge is 0.481 e. The Hall–Kier alpha value is -2.05. The Morgan fingerprint density at radius 1 is 1.63 bits per heavy atom. The number of carbonyl (C=O) groups is 2. The number of H-pyrrole nitrogens is 1. The van der Waals surface area contributed by atoms with Gasteiger partial charge in [0.2, 0.25) is 0 Å².